The fourth-order valence-electron chi connectivity index (χ4n) is 7.23. The third-order valence-electron chi connectivity index (χ3n) is 9.13. The van der Waals surface area contributed by atoms with Crippen LogP contribution in [0.1, 0.15) is 49.0 Å². The van der Waals surface area contributed by atoms with Gasteiger partial charge >= 0.3 is 0 Å². The summed E-state index contributed by atoms with van der Waals surface area (Å²) in [6.07, 6.45) is 3.81. The van der Waals surface area contributed by atoms with E-state index in [-0.39, 0.29) is 23.0 Å². The van der Waals surface area contributed by atoms with Crippen molar-refractivity contribution in [2.75, 3.05) is 19.5 Å². The highest BCUT2D eigenvalue weighted by molar-refractivity contribution is 6.17. The van der Waals surface area contributed by atoms with Crippen molar-refractivity contribution in [1.29, 1.82) is 0 Å². The number of anilines is 1. The minimum atomic E-state index is -1.40. The van der Waals surface area contributed by atoms with Crippen LogP contribution in [0.2, 0.25) is 0 Å². The van der Waals surface area contributed by atoms with E-state index in [1.54, 1.807) is 30.3 Å². The van der Waals surface area contributed by atoms with Gasteiger partial charge in [-0.15, -0.1) is 0 Å². The minimum absolute atomic E-state index is 0.271. The van der Waals surface area contributed by atoms with Gasteiger partial charge in [0.15, 0.2) is 11.6 Å². The van der Waals surface area contributed by atoms with Crippen molar-refractivity contribution in [3.05, 3.63) is 131 Å². The zero-order valence-electron chi connectivity index (χ0n) is 24.0. The summed E-state index contributed by atoms with van der Waals surface area (Å²) in [6, 6.07) is 26.1. The Morgan fingerprint density at radius 1 is 0.860 bits per heavy atom. The number of Topliss-reactive ketones (excluding diaryl/α,β-unsaturated/α-hetero) is 2. The second-order valence-corrected chi connectivity index (χ2v) is 11.2. The highest BCUT2D eigenvalue weighted by Gasteiger charge is 2.70. The number of nitrogens with zero attached hydrogens (tertiary/aromatic N) is 1. The van der Waals surface area contributed by atoms with Gasteiger partial charge in [0.25, 0.3) is 0 Å². The smallest absolute Gasteiger partial charge is 0.238 e. The Hall–Kier alpha value is -5.17. The van der Waals surface area contributed by atoms with Gasteiger partial charge in [-0.3, -0.25) is 14.4 Å². The maximum Gasteiger partial charge on any atom is 0.238 e. The number of hydrogen-bond donors (Lipinski definition) is 1. The van der Waals surface area contributed by atoms with Gasteiger partial charge in [0, 0.05) is 17.5 Å². The molecule has 4 atom stereocenters. The topological polar surface area (TPSA) is 84.9 Å². The Balaban J connectivity index is 1.54. The minimum Gasteiger partial charge on any atom is -0.497 e. The standard InChI is InChI=1S/C36H30N2O5/c1-21-12-14-23(15-13-21)32(39)30-31(33(40)26-20-24(42-2)16-17-29(26)43-3)38-19-18-22-8-4-5-9-25(22)34(38)36(30)27-10-6-7-11-28(27)37-35(36)41/h4-20,30-31,34H,1-3H3,(H,37,41)/t30-,31-,34-,36-/m1/s1. The average Bonchev–Trinajstić information content (AvgIpc) is 3.52. The number of ketones is 2. The molecule has 1 spiro atoms. The summed E-state index contributed by atoms with van der Waals surface area (Å²) in [6.45, 7) is 1.95. The summed E-state index contributed by atoms with van der Waals surface area (Å²) in [4.78, 5) is 46.3. The molecule has 0 aromatic heterocycles. The summed E-state index contributed by atoms with van der Waals surface area (Å²) in [7, 11) is 3.04. The van der Waals surface area contributed by atoms with E-state index >= 15 is 0 Å². The van der Waals surface area contributed by atoms with Crippen LogP contribution in [-0.2, 0) is 10.2 Å². The lowest BCUT2D eigenvalue weighted by Gasteiger charge is -2.38. The number of methoxy groups -OCH3 is 2. The zero-order valence-corrected chi connectivity index (χ0v) is 24.0. The Kier molecular flexibility index (Phi) is 6.20. The van der Waals surface area contributed by atoms with Gasteiger partial charge in [-0.25, -0.2) is 0 Å². The van der Waals surface area contributed by atoms with Crippen LogP contribution in [0.3, 0.4) is 0 Å². The van der Waals surface area contributed by atoms with Crippen LogP contribution in [0.4, 0.5) is 5.69 Å². The van der Waals surface area contributed by atoms with Gasteiger partial charge in [0.05, 0.1) is 31.7 Å². The van der Waals surface area contributed by atoms with E-state index in [0.717, 1.165) is 16.7 Å². The first-order valence-corrected chi connectivity index (χ1v) is 14.2. The molecule has 0 unspecified atom stereocenters. The second kappa shape index (κ2) is 9.98. The number of amides is 1. The number of carbonyl (C=O) groups is 3. The molecule has 214 valence electrons. The molecule has 0 bridgehead atoms. The molecule has 1 fully saturated rings. The van der Waals surface area contributed by atoms with Crippen LogP contribution in [0.25, 0.3) is 6.08 Å². The first-order chi connectivity index (χ1) is 20.9. The van der Waals surface area contributed by atoms with Crippen molar-refractivity contribution in [1.82, 2.24) is 4.90 Å². The monoisotopic (exact) mass is 570 g/mol. The molecule has 1 saturated heterocycles. The zero-order chi connectivity index (χ0) is 29.9. The van der Waals surface area contributed by atoms with Gasteiger partial charge in [-0.05, 0) is 54.0 Å². The summed E-state index contributed by atoms with van der Waals surface area (Å²) in [5.74, 6) is -1.12. The maximum absolute atomic E-state index is 14.9. The van der Waals surface area contributed by atoms with Crippen molar-refractivity contribution < 1.29 is 23.9 Å². The number of aryl methyl sites for hydroxylation is 1. The Morgan fingerprint density at radius 3 is 2.37 bits per heavy atom. The number of fused-ring (bicyclic) bond motifs is 6. The van der Waals surface area contributed by atoms with Crippen molar-refractivity contribution >= 4 is 29.2 Å². The summed E-state index contributed by atoms with van der Waals surface area (Å²) in [5, 5.41) is 3.08. The van der Waals surface area contributed by atoms with Crippen LogP contribution in [0.5, 0.6) is 11.5 Å². The fraction of sp³-hybridized carbons (Fsp3) is 0.194. The van der Waals surface area contributed by atoms with E-state index in [0.29, 0.717) is 28.3 Å². The molecule has 7 heteroatoms. The van der Waals surface area contributed by atoms with Crippen LogP contribution < -0.4 is 14.8 Å². The largest absolute Gasteiger partial charge is 0.497 e. The van der Waals surface area contributed by atoms with E-state index in [9.17, 15) is 14.4 Å². The SMILES string of the molecule is COc1ccc(OC)c(C(=O)[C@H]2[C@H](C(=O)c3ccc(C)cc3)[C@@]3(C(=O)Nc4ccccc43)[C@H]3c4ccccc4C=CN23)c1. The van der Waals surface area contributed by atoms with Gasteiger partial charge in [0.1, 0.15) is 23.0 Å². The number of rotatable bonds is 6. The second-order valence-electron chi connectivity index (χ2n) is 11.2. The van der Waals surface area contributed by atoms with Gasteiger partial charge in [-0.1, -0.05) is 72.3 Å². The molecule has 0 radical (unpaired) electrons. The molecule has 7 rings (SSSR count). The number of carbonyl (C=O) groups excluding carboxylic acids is 3. The van der Waals surface area contributed by atoms with Crippen molar-refractivity contribution in [3.63, 3.8) is 0 Å². The molecule has 0 aliphatic carbocycles. The van der Waals surface area contributed by atoms with E-state index < -0.39 is 23.4 Å². The lowest BCUT2D eigenvalue weighted by Crippen LogP contribution is -2.49. The number of hydrogen-bond acceptors (Lipinski definition) is 6. The lowest BCUT2D eigenvalue weighted by atomic mass is 9.62. The third-order valence-corrected chi connectivity index (χ3v) is 9.13. The predicted molar refractivity (Wildman–Crippen MR) is 163 cm³/mol. The third kappa shape index (κ3) is 3.77. The number of ether oxygens (including phenoxy) is 2. The number of benzene rings is 4. The van der Waals surface area contributed by atoms with E-state index in [4.69, 9.17) is 9.47 Å². The molecule has 1 N–H and O–H groups in total. The molecule has 3 heterocycles. The van der Waals surface area contributed by atoms with Crippen molar-refractivity contribution in [3.8, 4) is 11.5 Å². The molecular formula is C36H30N2O5. The lowest BCUT2D eigenvalue weighted by molar-refractivity contribution is -0.122. The average molecular weight is 571 g/mol. The quantitative estimate of drug-likeness (QED) is 0.287. The molecule has 7 nitrogen and oxygen atoms in total. The predicted octanol–water partition coefficient (Wildman–Crippen LogP) is 5.99. The molecule has 1 amide bonds. The molecule has 0 saturated carbocycles. The van der Waals surface area contributed by atoms with Crippen molar-refractivity contribution in [2.45, 2.75) is 24.4 Å². The number of nitrogens with one attached hydrogen (secondary N) is 1. The summed E-state index contributed by atoms with van der Waals surface area (Å²) < 4.78 is 11.1. The van der Waals surface area contributed by atoms with Gasteiger partial charge in [0.2, 0.25) is 5.91 Å². The normalized spacial score (nSPS) is 22.9. The number of para-hydroxylation sites is 1. The van der Waals surface area contributed by atoms with Crippen LogP contribution in [0.15, 0.2) is 97.2 Å². The first kappa shape index (κ1) is 26.7. The van der Waals surface area contributed by atoms with E-state index in [2.05, 4.69) is 5.32 Å². The van der Waals surface area contributed by atoms with Crippen LogP contribution >= 0.6 is 0 Å². The maximum atomic E-state index is 14.9. The Morgan fingerprint density at radius 2 is 1.60 bits per heavy atom. The van der Waals surface area contributed by atoms with Gasteiger partial charge in [-0.2, -0.15) is 0 Å². The van der Waals surface area contributed by atoms with Crippen LogP contribution in [-0.4, -0.2) is 42.6 Å². The van der Waals surface area contributed by atoms with E-state index in [1.165, 1.54) is 14.2 Å². The molecular weight excluding hydrogens is 540 g/mol. The van der Waals surface area contributed by atoms with Crippen LogP contribution in [0, 0.1) is 12.8 Å². The summed E-state index contributed by atoms with van der Waals surface area (Å²) >= 11 is 0. The highest BCUT2D eigenvalue weighted by Crippen LogP contribution is 2.62. The molecule has 43 heavy (non-hydrogen) atoms. The molecule has 4 aromatic carbocycles. The van der Waals surface area contributed by atoms with Gasteiger partial charge < -0.3 is 19.7 Å². The summed E-state index contributed by atoms with van der Waals surface area (Å²) in [5.41, 5.74) is 3.51. The molecule has 3 aliphatic rings. The first-order valence-electron chi connectivity index (χ1n) is 14.2. The Bertz CT molecular complexity index is 1830. The molecule has 3 aliphatic heterocycles. The van der Waals surface area contributed by atoms with Crippen molar-refractivity contribution in [2.24, 2.45) is 5.92 Å². The highest BCUT2D eigenvalue weighted by atomic mass is 16.5. The van der Waals surface area contributed by atoms with E-state index in [1.807, 2.05) is 84.8 Å². The fourth-order valence-corrected chi connectivity index (χ4v) is 7.23. The Labute approximate surface area is 249 Å². The molecule has 4 aromatic rings.